The summed E-state index contributed by atoms with van der Waals surface area (Å²) in [5.74, 6) is -0.321. The number of ketones is 1. The molecule has 0 amide bonds. The highest BCUT2D eigenvalue weighted by molar-refractivity contribution is 7.89. The maximum Gasteiger partial charge on any atom is 0.339 e. The lowest BCUT2D eigenvalue weighted by atomic mass is 10.0. The van der Waals surface area contributed by atoms with Crippen LogP contribution in [0.15, 0.2) is 107 Å². The number of aromatic nitrogens is 3. The first-order valence-electron chi connectivity index (χ1n) is 16.3. The average molecular weight is 755 g/mol. The number of hydrogen-bond acceptors (Lipinski definition) is 8. The van der Waals surface area contributed by atoms with E-state index in [0.717, 1.165) is 24.4 Å². The second-order valence-corrected chi connectivity index (χ2v) is 18.4. The number of nitrogens with zero attached hydrogens (tertiary/aromatic N) is 5. The summed E-state index contributed by atoms with van der Waals surface area (Å²) in [6.07, 6.45) is 0. The van der Waals surface area contributed by atoms with Gasteiger partial charge in [-0.3, -0.25) is 4.79 Å². The summed E-state index contributed by atoms with van der Waals surface area (Å²) in [5, 5.41) is 12.5. The lowest BCUT2D eigenvalue weighted by molar-refractivity contribution is -0.467. The van der Waals surface area contributed by atoms with Crippen molar-refractivity contribution >= 4 is 63.2 Å². The Morgan fingerprint density at radius 2 is 1.42 bits per heavy atom. The van der Waals surface area contributed by atoms with Crippen LogP contribution in [0.4, 0.5) is 0 Å². The van der Waals surface area contributed by atoms with Gasteiger partial charge < -0.3 is 5.11 Å². The van der Waals surface area contributed by atoms with E-state index >= 15 is 0 Å². The highest BCUT2D eigenvalue weighted by Crippen LogP contribution is 2.41. The Morgan fingerprint density at radius 1 is 0.808 bits per heavy atom. The summed E-state index contributed by atoms with van der Waals surface area (Å²) in [6.45, 7) is 4.15. The van der Waals surface area contributed by atoms with Crippen LogP contribution in [-0.2, 0) is 20.0 Å². The molecule has 0 saturated carbocycles. The van der Waals surface area contributed by atoms with Crippen molar-refractivity contribution in [3.8, 4) is 23.0 Å². The van der Waals surface area contributed by atoms with E-state index in [1.165, 1.54) is 74.4 Å². The number of thiazole rings is 1. The van der Waals surface area contributed by atoms with Crippen LogP contribution >= 0.6 is 11.3 Å². The minimum Gasteiger partial charge on any atom is -0.494 e. The minimum absolute atomic E-state index is 0.0469. The zero-order chi connectivity index (χ0) is 37.3. The van der Waals surface area contributed by atoms with Gasteiger partial charge in [0, 0.05) is 33.8 Å². The monoisotopic (exact) mass is 754 g/mol. The lowest BCUT2D eigenvalue weighted by Gasteiger charge is -2.12. The van der Waals surface area contributed by atoms with Gasteiger partial charge in [-0.1, -0.05) is 67.6 Å². The number of carbonyl (C=O) groups is 1. The molecule has 266 valence electrons. The molecule has 0 aliphatic carbocycles. The maximum atomic E-state index is 14.7. The van der Waals surface area contributed by atoms with Gasteiger partial charge in [0.1, 0.15) is 10.9 Å². The van der Waals surface area contributed by atoms with Gasteiger partial charge in [-0.25, -0.2) is 30.0 Å². The molecule has 4 aromatic carbocycles. The van der Waals surface area contributed by atoms with Crippen molar-refractivity contribution in [3.05, 3.63) is 114 Å². The quantitative estimate of drug-likeness (QED) is 0.137. The number of benzene rings is 4. The van der Waals surface area contributed by atoms with Gasteiger partial charge >= 0.3 is 5.82 Å². The highest BCUT2D eigenvalue weighted by Gasteiger charge is 2.35. The summed E-state index contributed by atoms with van der Waals surface area (Å²) in [4.78, 5) is 20.4. The van der Waals surface area contributed by atoms with Gasteiger partial charge in [0.25, 0.3) is 5.65 Å². The minimum atomic E-state index is -3.87. The zero-order valence-corrected chi connectivity index (χ0v) is 31.7. The topological polar surface area (TPSA) is 134 Å². The second-order valence-electron chi connectivity index (χ2n) is 13.1. The summed E-state index contributed by atoms with van der Waals surface area (Å²) < 4.78 is 59.1. The fourth-order valence-electron chi connectivity index (χ4n) is 6.19. The molecule has 7 aromatic rings. The molecule has 11 nitrogen and oxygen atoms in total. The van der Waals surface area contributed by atoms with Crippen molar-refractivity contribution in [1.82, 2.24) is 18.2 Å². The van der Waals surface area contributed by atoms with Gasteiger partial charge in [0.05, 0.1) is 25.7 Å². The second kappa shape index (κ2) is 12.9. The van der Waals surface area contributed by atoms with Crippen LogP contribution in [0.25, 0.3) is 43.2 Å². The number of aromatic hydroxyl groups is 1. The molecule has 14 heteroatoms. The highest BCUT2D eigenvalue weighted by atomic mass is 32.2. The van der Waals surface area contributed by atoms with Crippen molar-refractivity contribution in [2.24, 2.45) is 0 Å². The van der Waals surface area contributed by atoms with Crippen LogP contribution < -0.4 is 4.40 Å². The van der Waals surface area contributed by atoms with Crippen LogP contribution in [0.1, 0.15) is 41.3 Å². The van der Waals surface area contributed by atoms with Gasteiger partial charge in [0.15, 0.2) is 11.3 Å². The molecule has 0 atom stereocenters. The standard InChI is InChI=1S/C38H35N5O6S3/c1-23(2)24-17-19-27(20-18-24)42-36-33(32(37(42)45)34(44)25-11-9-13-28(21-25)51(46,47)40(3)4)38-43(30-15-7-8-16-31(30)50-38)35(39-36)26-12-10-14-29(22-26)52(48,49)41(5)6/h7-23H,1-6H3/p+1. The lowest BCUT2D eigenvalue weighted by Crippen LogP contribution is -2.26. The zero-order valence-electron chi connectivity index (χ0n) is 29.3. The van der Waals surface area contributed by atoms with Crippen LogP contribution in [0.2, 0.25) is 0 Å². The van der Waals surface area contributed by atoms with Crippen LogP contribution in [-0.4, -0.2) is 74.1 Å². The molecule has 3 heterocycles. The molecular formula is C38H36N5O6S3+. The summed E-state index contributed by atoms with van der Waals surface area (Å²) >= 11 is 1.39. The Labute approximate surface area is 305 Å². The summed E-state index contributed by atoms with van der Waals surface area (Å²) in [6, 6.07) is 27.5. The van der Waals surface area contributed by atoms with Crippen molar-refractivity contribution in [1.29, 1.82) is 0 Å². The number of hydrogen-bond donors (Lipinski definition) is 1. The third kappa shape index (κ3) is 5.67. The molecule has 0 aliphatic rings. The Hall–Kier alpha value is -4.99. The van der Waals surface area contributed by atoms with Crippen molar-refractivity contribution < 1.29 is 31.1 Å². The predicted molar refractivity (Wildman–Crippen MR) is 202 cm³/mol. The Bertz CT molecular complexity index is 2790. The molecule has 0 radical (unpaired) electrons. The van der Waals surface area contributed by atoms with E-state index in [1.54, 1.807) is 18.2 Å². The molecule has 0 fully saturated rings. The molecule has 0 spiro atoms. The summed E-state index contributed by atoms with van der Waals surface area (Å²) in [7, 11) is -1.90. The molecule has 0 unspecified atom stereocenters. The Kier molecular flexibility index (Phi) is 8.78. The Morgan fingerprint density at radius 3 is 2.06 bits per heavy atom. The van der Waals surface area contributed by atoms with E-state index in [9.17, 15) is 26.7 Å². The van der Waals surface area contributed by atoms with E-state index < -0.39 is 25.8 Å². The van der Waals surface area contributed by atoms with Crippen LogP contribution in [0, 0.1) is 0 Å². The number of fused-ring (bicyclic) bond motifs is 5. The predicted octanol–water partition coefficient (Wildman–Crippen LogP) is 6.21. The normalized spacial score (nSPS) is 12.6. The van der Waals surface area contributed by atoms with Crippen LogP contribution in [0.3, 0.4) is 0 Å². The van der Waals surface area contributed by atoms with Gasteiger partial charge in [0.2, 0.25) is 30.8 Å². The van der Waals surface area contributed by atoms with E-state index in [4.69, 9.17) is 4.98 Å². The molecule has 3 aromatic heterocycles. The Balaban J connectivity index is 1.61. The average Bonchev–Trinajstić information content (AvgIpc) is 3.66. The smallest absolute Gasteiger partial charge is 0.339 e. The summed E-state index contributed by atoms with van der Waals surface area (Å²) in [5.41, 5.74) is 3.16. The first-order valence-corrected chi connectivity index (χ1v) is 20.0. The molecule has 0 bridgehead atoms. The molecule has 7 rings (SSSR count). The number of sulfonamides is 2. The first kappa shape index (κ1) is 35.4. The van der Waals surface area contributed by atoms with E-state index in [2.05, 4.69) is 13.8 Å². The molecular weight excluding hydrogens is 719 g/mol. The van der Waals surface area contributed by atoms with Crippen molar-refractivity contribution in [2.45, 2.75) is 29.6 Å². The third-order valence-corrected chi connectivity index (χ3v) is 13.8. The SMILES string of the molecule is CC(C)c1ccc(-n2c(O)c(C(=O)c3cccc(S(=O)(=O)N(C)C)c3)c3c2nc(-c2cccc(S(=O)(=O)N(C)C)c2)[n+]2c4ccccc4sc32)cc1. The molecule has 0 saturated heterocycles. The van der Waals surface area contributed by atoms with Crippen LogP contribution in [0.5, 0.6) is 5.88 Å². The van der Waals surface area contributed by atoms with Crippen molar-refractivity contribution in [2.75, 3.05) is 28.2 Å². The van der Waals surface area contributed by atoms with Gasteiger partial charge in [-0.15, -0.1) is 0 Å². The first-order chi connectivity index (χ1) is 24.6. The maximum absolute atomic E-state index is 14.7. The van der Waals surface area contributed by atoms with E-state index in [-0.39, 0.29) is 38.4 Å². The largest absolute Gasteiger partial charge is 0.494 e. The molecule has 0 aliphatic heterocycles. The van der Waals surface area contributed by atoms with Gasteiger partial charge in [-0.05, 0) is 71.1 Å². The third-order valence-electron chi connectivity index (χ3n) is 9.06. The number of rotatable bonds is 9. The molecule has 1 N–H and O–H groups in total. The fraction of sp³-hybridized carbons (Fsp3) is 0.184. The van der Waals surface area contributed by atoms with E-state index in [1.807, 2.05) is 52.9 Å². The van der Waals surface area contributed by atoms with Gasteiger partial charge in [-0.2, -0.15) is 4.40 Å². The van der Waals surface area contributed by atoms with E-state index in [0.29, 0.717) is 27.3 Å². The fourth-order valence-corrected chi connectivity index (χ4v) is 9.27. The van der Waals surface area contributed by atoms with Crippen molar-refractivity contribution in [3.63, 3.8) is 0 Å². The number of carbonyl (C=O) groups excluding carboxylic acids is 1. The number of para-hydroxylation sites is 1. The molecule has 52 heavy (non-hydrogen) atoms.